The normalized spacial score (nSPS) is 14.9. The predicted molar refractivity (Wildman–Crippen MR) is 110 cm³/mol. The Balaban J connectivity index is 1.81. The number of hydrogen-bond acceptors (Lipinski definition) is 4. The first-order chi connectivity index (χ1) is 13.7. The highest BCUT2D eigenvalue weighted by molar-refractivity contribution is 6.04. The Labute approximate surface area is 170 Å². The van der Waals surface area contributed by atoms with Gasteiger partial charge in [-0.3, -0.25) is 9.78 Å². The Morgan fingerprint density at radius 2 is 2.14 bits per heavy atom. The minimum Gasteiger partial charge on any atom is -0.491 e. The number of rotatable bonds is 7. The van der Waals surface area contributed by atoms with Gasteiger partial charge in [0.05, 0.1) is 23.3 Å². The molecule has 7 nitrogen and oxygen atoms in total. The number of nitrogens with one attached hydrogen (secondary N) is 2. The van der Waals surface area contributed by atoms with E-state index in [-0.39, 0.29) is 12.5 Å². The number of carbonyl (C=O) groups excluding carboxylic acids is 1. The molecule has 29 heavy (non-hydrogen) atoms. The molecule has 2 aromatic rings. The Hall–Kier alpha value is -3.09. The molecule has 0 radical (unpaired) electrons. The number of hydrogen-bond donors (Lipinski definition) is 3. The summed E-state index contributed by atoms with van der Waals surface area (Å²) < 4.78 is 5.99. The lowest BCUT2D eigenvalue weighted by atomic mass is 9.91. The summed E-state index contributed by atoms with van der Waals surface area (Å²) in [5, 5.41) is 14.6. The second kappa shape index (κ2) is 8.11. The number of ether oxygens (including phenoxy) is 1. The Bertz CT molecular complexity index is 942. The summed E-state index contributed by atoms with van der Waals surface area (Å²) in [6, 6.07) is 7.59. The summed E-state index contributed by atoms with van der Waals surface area (Å²) >= 11 is 0. The molecule has 1 aliphatic rings. The molecule has 7 heteroatoms. The van der Waals surface area contributed by atoms with E-state index in [0.29, 0.717) is 30.2 Å². The van der Waals surface area contributed by atoms with Gasteiger partial charge in [0.1, 0.15) is 12.4 Å². The molecule has 0 spiro atoms. The third-order valence-electron chi connectivity index (χ3n) is 4.97. The number of aromatic nitrogens is 1. The third-order valence-corrected chi connectivity index (χ3v) is 4.97. The van der Waals surface area contributed by atoms with E-state index in [1.54, 1.807) is 6.20 Å². The molecule has 3 rings (SSSR count). The third kappa shape index (κ3) is 4.67. The van der Waals surface area contributed by atoms with Crippen LogP contribution in [0.3, 0.4) is 0 Å². The first kappa shape index (κ1) is 20.6. The molecule has 1 aromatic carbocycles. The van der Waals surface area contributed by atoms with Crippen molar-refractivity contribution in [1.82, 2.24) is 15.6 Å². The highest BCUT2D eigenvalue weighted by Crippen LogP contribution is 2.31. The van der Waals surface area contributed by atoms with Crippen molar-refractivity contribution in [1.29, 1.82) is 0 Å². The fraction of sp³-hybridized carbons (Fsp3) is 0.409. The van der Waals surface area contributed by atoms with E-state index >= 15 is 0 Å². The van der Waals surface area contributed by atoms with Crippen LogP contribution in [0.2, 0.25) is 0 Å². The first-order valence-electron chi connectivity index (χ1n) is 9.69. The Kier molecular flexibility index (Phi) is 5.77. The zero-order chi connectivity index (χ0) is 21.2. The van der Waals surface area contributed by atoms with E-state index in [9.17, 15) is 14.7 Å². The van der Waals surface area contributed by atoms with Crippen LogP contribution in [-0.4, -0.2) is 34.2 Å². The van der Waals surface area contributed by atoms with Crippen LogP contribution in [0.5, 0.6) is 5.75 Å². The van der Waals surface area contributed by atoms with E-state index in [1.165, 1.54) is 0 Å². The largest absolute Gasteiger partial charge is 0.491 e. The number of carboxylic acid groups (broad SMARTS) is 1. The summed E-state index contributed by atoms with van der Waals surface area (Å²) in [7, 11) is 0. The van der Waals surface area contributed by atoms with Crippen LogP contribution in [0.1, 0.15) is 48.8 Å². The summed E-state index contributed by atoms with van der Waals surface area (Å²) in [6.45, 7) is 8.56. The van der Waals surface area contributed by atoms with Crippen LogP contribution in [0.15, 0.2) is 30.5 Å². The molecule has 1 aliphatic heterocycles. The average molecular weight is 397 g/mol. The zero-order valence-corrected chi connectivity index (χ0v) is 17.2. The van der Waals surface area contributed by atoms with Gasteiger partial charge in [0.2, 0.25) is 0 Å². The highest BCUT2D eigenvalue weighted by Gasteiger charge is 2.29. The maximum absolute atomic E-state index is 12.2. The number of carbonyl (C=O) groups is 2. The first-order valence-corrected chi connectivity index (χ1v) is 9.69. The van der Waals surface area contributed by atoms with Gasteiger partial charge in [0.25, 0.3) is 5.91 Å². The van der Waals surface area contributed by atoms with Crippen molar-refractivity contribution in [2.24, 2.45) is 5.92 Å². The number of nitrogens with zero attached hydrogens (tertiary/aromatic N) is 1. The van der Waals surface area contributed by atoms with E-state index in [0.717, 1.165) is 22.4 Å². The second-order valence-corrected chi connectivity index (χ2v) is 8.22. The number of pyridine rings is 1. The molecule has 3 N–H and O–H groups in total. The van der Waals surface area contributed by atoms with Gasteiger partial charge in [-0.25, -0.2) is 4.79 Å². The Morgan fingerprint density at radius 1 is 1.38 bits per heavy atom. The molecule has 1 aromatic heterocycles. The smallest absolute Gasteiger partial charge is 0.405 e. The standard InChI is InChI=1S/C22H27N3O4/c1-13(2)10-22(4,25-21(27)28)12-29-18-6-5-15(9-14(18)3)16-7-8-23-17-11-24-20(26)19(16)17/h5-9,13,25H,10-12H2,1-4H3,(H,24,26)(H,27,28). The van der Waals surface area contributed by atoms with Crippen LogP contribution in [-0.2, 0) is 6.54 Å². The molecule has 1 atom stereocenters. The van der Waals surface area contributed by atoms with Gasteiger partial charge >= 0.3 is 6.09 Å². The van der Waals surface area contributed by atoms with Crippen molar-refractivity contribution in [3.8, 4) is 16.9 Å². The maximum atomic E-state index is 12.2. The Morgan fingerprint density at radius 3 is 2.79 bits per heavy atom. The topological polar surface area (TPSA) is 101 Å². The van der Waals surface area contributed by atoms with E-state index in [2.05, 4.69) is 15.6 Å². The number of benzene rings is 1. The molecule has 154 valence electrons. The fourth-order valence-electron chi connectivity index (χ4n) is 3.91. The minimum absolute atomic E-state index is 0.106. The number of aryl methyl sites for hydroxylation is 1. The monoisotopic (exact) mass is 397 g/mol. The SMILES string of the molecule is Cc1cc(-c2ccnc3c2C(=O)NC3)ccc1OCC(C)(CC(C)C)NC(=O)O. The average Bonchev–Trinajstić information content (AvgIpc) is 3.00. The van der Waals surface area contributed by atoms with Gasteiger partial charge < -0.3 is 20.5 Å². The lowest BCUT2D eigenvalue weighted by Gasteiger charge is -2.31. The predicted octanol–water partition coefficient (Wildman–Crippen LogP) is 3.75. The maximum Gasteiger partial charge on any atom is 0.405 e. The quantitative estimate of drug-likeness (QED) is 0.661. The van der Waals surface area contributed by atoms with Gasteiger partial charge in [-0.05, 0) is 61.1 Å². The number of fused-ring (bicyclic) bond motifs is 1. The van der Waals surface area contributed by atoms with Crippen LogP contribution in [0.25, 0.3) is 11.1 Å². The van der Waals surface area contributed by atoms with Gasteiger partial charge in [-0.15, -0.1) is 0 Å². The van der Waals surface area contributed by atoms with E-state index in [1.807, 2.05) is 52.0 Å². The molecular weight excluding hydrogens is 370 g/mol. The van der Waals surface area contributed by atoms with Crippen molar-refractivity contribution in [2.45, 2.75) is 46.2 Å². The molecule has 1 unspecified atom stereocenters. The minimum atomic E-state index is -1.06. The summed E-state index contributed by atoms with van der Waals surface area (Å²) in [5.41, 5.74) is 3.37. The van der Waals surface area contributed by atoms with Crippen molar-refractivity contribution < 1.29 is 19.4 Å². The summed E-state index contributed by atoms with van der Waals surface area (Å²) in [4.78, 5) is 27.6. The highest BCUT2D eigenvalue weighted by atomic mass is 16.5. The van der Waals surface area contributed by atoms with Crippen molar-refractivity contribution >= 4 is 12.0 Å². The molecule has 0 aliphatic carbocycles. The van der Waals surface area contributed by atoms with Crippen LogP contribution in [0, 0.1) is 12.8 Å². The fourth-order valence-corrected chi connectivity index (χ4v) is 3.91. The molecule has 0 saturated heterocycles. The molecule has 0 fully saturated rings. The van der Waals surface area contributed by atoms with Gasteiger partial charge in [0.15, 0.2) is 0 Å². The van der Waals surface area contributed by atoms with Crippen molar-refractivity contribution in [2.75, 3.05) is 6.61 Å². The molecule has 2 amide bonds. The lowest BCUT2D eigenvalue weighted by molar-refractivity contribution is 0.0966. The van der Waals surface area contributed by atoms with Crippen LogP contribution < -0.4 is 15.4 Å². The molecule has 0 bridgehead atoms. The van der Waals surface area contributed by atoms with Crippen LogP contribution in [0.4, 0.5) is 4.79 Å². The molecule has 0 saturated carbocycles. The summed E-state index contributed by atoms with van der Waals surface area (Å²) in [6.07, 6.45) is 1.31. The zero-order valence-electron chi connectivity index (χ0n) is 17.2. The lowest BCUT2D eigenvalue weighted by Crippen LogP contribution is -2.50. The van der Waals surface area contributed by atoms with E-state index < -0.39 is 11.6 Å². The van der Waals surface area contributed by atoms with Crippen LogP contribution >= 0.6 is 0 Å². The van der Waals surface area contributed by atoms with Crippen molar-refractivity contribution in [3.63, 3.8) is 0 Å². The summed E-state index contributed by atoms with van der Waals surface area (Å²) in [5.74, 6) is 0.898. The van der Waals surface area contributed by atoms with Gasteiger partial charge in [-0.2, -0.15) is 0 Å². The van der Waals surface area contributed by atoms with Gasteiger partial charge in [-0.1, -0.05) is 19.9 Å². The molecule has 2 heterocycles. The number of amides is 2. The van der Waals surface area contributed by atoms with E-state index in [4.69, 9.17) is 4.74 Å². The van der Waals surface area contributed by atoms with Crippen molar-refractivity contribution in [3.05, 3.63) is 47.3 Å². The van der Waals surface area contributed by atoms with Gasteiger partial charge in [0, 0.05) is 6.20 Å². The second-order valence-electron chi connectivity index (χ2n) is 8.22. The molecular formula is C22H27N3O4.